The van der Waals surface area contributed by atoms with Crippen molar-refractivity contribution in [3.05, 3.63) is 100 Å². The number of nitrogens with zero attached hydrogens (tertiary/aromatic N) is 2. The number of sulfonamides is 1. The molecule has 3 aromatic rings. The second kappa shape index (κ2) is 10.2. The summed E-state index contributed by atoms with van der Waals surface area (Å²) in [6.45, 7) is 0.320. The number of rotatable bonds is 8. The highest BCUT2D eigenvalue weighted by molar-refractivity contribution is 7.92. The Balaban J connectivity index is 1.90. The van der Waals surface area contributed by atoms with Crippen molar-refractivity contribution in [2.24, 2.45) is 0 Å². The Hall–Kier alpha value is -2.54. The van der Waals surface area contributed by atoms with Gasteiger partial charge in [-0.2, -0.15) is 0 Å². The molecule has 1 amide bonds. The zero-order chi connectivity index (χ0) is 22.4. The zero-order valence-corrected chi connectivity index (χ0v) is 19.2. The van der Waals surface area contributed by atoms with Crippen LogP contribution in [0.3, 0.4) is 0 Å². The molecule has 0 heterocycles. The van der Waals surface area contributed by atoms with E-state index in [0.717, 1.165) is 21.7 Å². The van der Waals surface area contributed by atoms with Gasteiger partial charge in [0.1, 0.15) is 6.54 Å². The Kier molecular flexibility index (Phi) is 7.59. The van der Waals surface area contributed by atoms with E-state index < -0.39 is 10.0 Å². The zero-order valence-electron chi connectivity index (χ0n) is 16.9. The van der Waals surface area contributed by atoms with Crippen molar-refractivity contribution in [2.45, 2.75) is 13.1 Å². The van der Waals surface area contributed by atoms with Gasteiger partial charge >= 0.3 is 0 Å². The summed E-state index contributed by atoms with van der Waals surface area (Å²) in [7, 11) is -3.77. The Morgan fingerprint density at radius 2 is 1.35 bits per heavy atom. The van der Waals surface area contributed by atoms with Crippen molar-refractivity contribution in [3.8, 4) is 0 Å². The van der Waals surface area contributed by atoms with E-state index in [2.05, 4.69) is 0 Å². The van der Waals surface area contributed by atoms with Crippen molar-refractivity contribution in [1.82, 2.24) is 4.90 Å². The molecule has 0 aliphatic heterocycles. The highest BCUT2D eigenvalue weighted by Crippen LogP contribution is 2.30. The van der Waals surface area contributed by atoms with E-state index in [1.165, 1.54) is 18.2 Å². The second-order valence-electron chi connectivity index (χ2n) is 7.09. The van der Waals surface area contributed by atoms with Crippen LogP contribution in [0.4, 0.5) is 5.69 Å². The second-order valence-corrected chi connectivity index (χ2v) is 9.84. The molecule has 162 valence electrons. The fourth-order valence-electron chi connectivity index (χ4n) is 3.13. The monoisotopic (exact) mass is 476 g/mol. The number of halogens is 2. The van der Waals surface area contributed by atoms with Gasteiger partial charge in [-0.05, 0) is 29.3 Å². The van der Waals surface area contributed by atoms with Crippen LogP contribution in [0.2, 0.25) is 10.0 Å². The first-order valence-electron chi connectivity index (χ1n) is 9.52. The summed E-state index contributed by atoms with van der Waals surface area (Å²) in [5, 5.41) is 0.534. The van der Waals surface area contributed by atoms with Crippen molar-refractivity contribution in [2.75, 3.05) is 17.1 Å². The van der Waals surface area contributed by atoms with Gasteiger partial charge in [0.15, 0.2) is 0 Å². The summed E-state index contributed by atoms with van der Waals surface area (Å²) in [5.41, 5.74) is 2.10. The van der Waals surface area contributed by atoms with Crippen LogP contribution in [0.15, 0.2) is 78.9 Å². The van der Waals surface area contributed by atoms with Crippen LogP contribution in [0, 0.1) is 0 Å². The predicted molar refractivity (Wildman–Crippen MR) is 126 cm³/mol. The molecule has 0 radical (unpaired) electrons. The van der Waals surface area contributed by atoms with Crippen LogP contribution < -0.4 is 4.31 Å². The van der Waals surface area contributed by atoms with Crippen molar-refractivity contribution in [3.63, 3.8) is 0 Å². The molecule has 8 heteroatoms. The van der Waals surface area contributed by atoms with Gasteiger partial charge in [-0.15, -0.1) is 0 Å². The first kappa shape index (κ1) is 23.1. The van der Waals surface area contributed by atoms with E-state index >= 15 is 0 Å². The minimum Gasteiger partial charge on any atom is -0.332 e. The lowest BCUT2D eigenvalue weighted by molar-refractivity contribution is -0.130. The largest absolute Gasteiger partial charge is 0.332 e. The van der Waals surface area contributed by atoms with Gasteiger partial charge in [-0.1, -0.05) is 83.9 Å². The first-order valence-corrected chi connectivity index (χ1v) is 12.1. The molecule has 3 aromatic carbocycles. The molecule has 0 unspecified atom stereocenters. The lowest BCUT2D eigenvalue weighted by atomic mass is 10.1. The fourth-order valence-corrected chi connectivity index (χ4v) is 4.55. The number of carbonyl (C=O) groups excluding carboxylic acids is 1. The number of hydrogen-bond acceptors (Lipinski definition) is 3. The highest BCUT2D eigenvalue weighted by Gasteiger charge is 2.26. The van der Waals surface area contributed by atoms with E-state index in [1.807, 2.05) is 60.7 Å². The van der Waals surface area contributed by atoms with Gasteiger partial charge in [0.25, 0.3) is 0 Å². The van der Waals surface area contributed by atoms with Crippen LogP contribution in [0.5, 0.6) is 0 Å². The Bertz CT molecular complexity index is 1100. The number of carbonyl (C=O) groups is 1. The summed E-state index contributed by atoms with van der Waals surface area (Å²) in [6.07, 6.45) is 1.05. The lowest BCUT2D eigenvalue weighted by Gasteiger charge is -2.28. The van der Waals surface area contributed by atoms with Crippen LogP contribution >= 0.6 is 23.2 Å². The van der Waals surface area contributed by atoms with Gasteiger partial charge < -0.3 is 4.90 Å². The molecular formula is C23H22Cl2N2O3S. The van der Waals surface area contributed by atoms with Gasteiger partial charge in [0.05, 0.1) is 17.0 Å². The van der Waals surface area contributed by atoms with E-state index in [1.54, 1.807) is 4.90 Å². The molecule has 0 aliphatic carbocycles. The van der Waals surface area contributed by atoms with Gasteiger partial charge in [-0.3, -0.25) is 9.10 Å². The Morgan fingerprint density at radius 3 is 1.81 bits per heavy atom. The molecule has 5 nitrogen and oxygen atoms in total. The predicted octanol–water partition coefficient (Wildman–Crippen LogP) is 4.99. The average Bonchev–Trinajstić information content (AvgIpc) is 2.73. The molecule has 0 N–H and O–H groups in total. The van der Waals surface area contributed by atoms with Crippen molar-refractivity contribution < 1.29 is 13.2 Å². The quantitative estimate of drug-likeness (QED) is 0.460. The molecule has 0 spiro atoms. The molecule has 0 bridgehead atoms. The fraction of sp³-hybridized carbons (Fsp3) is 0.174. The summed E-state index contributed by atoms with van der Waals surface area (Å²) in [6, 6.07) is 23.6. The first-order chi connectivity index (χ1) is 14.7. The van der Waals surface area contributed by atoms with Crippen LogP contribution in [0.1, 0.15) is 11.1 Å². The Labute approximate surface area is 192 Å². The van der Waals surface area contributed by atoms with Crippen molar-refractivity contribution >= 4 is 44.8 Å². The molecule has 0 saturated carbocycles. The third-order valence-electron chi connectivity index (χ3n) is 4.64. The molecule has 0 saturated heterocycles. The molecule has 0 aliphatic rings. The van der Waals surface area contributed by atoms with E-state index in [4.69, 9.17) is 23.2 Å². The van der Waals surface area contributed by atoms with E-state index in [-0.39, 0.29) is 23.2 Å². The van der Waals surface area contributed by atoms with Crippen LogP contribution in [0.25, 0.3) is 0 Å². The normalized spacial score (nSPS) is 11.2. The molecule has 31 heavy (non-hydrogen) atoms. The van der Waals surface area contributed by atoms with E-state index in [9.17, 15) is 13.2 Å². The van der Waals surface area contributed by atoms with Crippen LogP contribution in [-0.4, -0.2) is 32.0 Å². The van der Waals surface area contributed by atoms with Crippen molar-refractivity contribution in [1.29, 1.82) is 0 Å². The molecule has 3 rings (SSSR count). The van der Waals surface area contributed by atoms with Gasteiger partial charge in [0.2, 0.25) is 15.9 Å². The third-order valence-corrected chi connectivity index (χ3v) is 6.31. The number of hydrogen-bond donors (Lipinski definition) is 0. The number of amides is 1. The lowest BCUT2D eigenvalue weighted by Crippen LogP contribution is -2.42. The summed E-state index contributed by atoms with van der Waals surface area (Å²) in [5.74, 6) is -0.343. The molecule has 0 aromatic heterocycles. The summed E-state index contributed by atoms with van der Waals surface area (Å²) < 4.78 is 26.0. The standard InChI is InChI=1S/C23H22Cl2N2O3S/c1-31(29,30)27(22-13-12-20(24)14-21(22)25)17-23(28)26(15-18-8-4-2-5-9-18)16-19-10-6-3-7-11-19/h2-14H,15-17H2,1H3. The summed E-state index contributed by atoms with van der Waals surface area (Å²) >= 11 is 12.2. The third kappa shape index (κ3) is 6.47. The number of anilines is 1. The highest BCUT2D eigenvalue weighted by atomic mass is 35.5. The van der Waals surface area contributed by atoms with E-state index in [0.29, 0.717) is 18.1 Å². The van der Waals surface area contributed by atoms with Crippen LogP contribution in [-0.2, 0) is 27.9 Å². The average molecular weight is 477 g/mol. The maximum absolute atomic E-state index is 13.3. The molecule has 0 atom stereocenters. The maximum Gasteiger partial charge on any atom is 0.243 e. The van der Waals surface area contributed by atoms with Gasteiger partial charge in [-0.25, -0.2) is 8.42 Å². The number of benzene rings is 3. The topological polar surface area (TPSA) is 57.7 Å². The SMILES string of the molecule is CS(=O)(=O)N(CC(=O)N(Cc1ccccc1)Cc1ccccc1)c1ccc(Cl)cc1Cl. The molecular weight excluding hydrogens is 455 g/mol. The molecule has 0 fully saturated rings. The summed E-state index contributed by atoms with van der Waals surface area (Å²) in [4.78, 5) is 14.9. The minimum absolute atomic E-state index is 0.156. The van der Waals surface area contributed by atoms with Gasteiger partial charge in [0, 0.05) is 18.1 Å². The minimum atomic E-state index is -3.77. The smallest absolute Gasteiger partial charge is 0.243 e. The Morgan fingerprint density at radius 1 is 0.839 bits per heavy atom. The maximum atomic E-state index is 13.3.